The van der Waals surface area contributed by atoms with Crippen molar-refractivity contribution >= 4 is 17.9 Å². The molecule has 5 heteroatoms. The molecule has 0 bridgehead atoms. The van der Waals surface area contributed by atoms with Gasteiger partial charge in [0.1, 0.15) is 5.60 Å². The first kappa shape index (κ1) is 19.6. The fraction of sp³-hybridized carbons (Fsp3) is 0.812. The van der Waals surface area contributed by atoms with Crippen LogP contribution in [0.3, 0.4) is 0 Å². The fourth-order valence-electron chi connectivity index (χ4n) is 1.74. The number of esters is 3. The normalized spacial score (nSPS) is 11.0. The first-order valence-corrected chi connectivity index (χ1v) is 7.74. The number of carbonyl (C=O) groups is 3. The van der Waals surface area contributed by atoms with Crippen molar-refractivity contribution in [3.05, 3.63) is 0 Å². The molecule has 0 aromatic rings. The van der Waals surface area contributed by atoms with E-state index in [-0.39, 0.29) is 6.42 Å². The quantitative estimate of drug-likeness (QED) is 0.297. The average Bonchev–Trinajstić information content (AvgIpc) is 2.35. The topological polar surface area (TPSA) is 69.7 Å². The van der Waals surface area contributed by atoms with Crippen LogP contribution in [0.4, 0.5) is 0 Å². The first-order chi connectivity index (χ1) is 9.76. The Bertz CT molecular complexity index is 341. The van der Waals surface area contributed by atoms with Gasteiger partial charge in [0.2, 0.25) is 0 Å². The van der Waals surface area contributed by atoms with Gasteiger partial charge in [-0.25, -0.2) is 9.59 Å². The van der Waals surface area contributed by atoms with E-state index >= 15 is 0 Å². The van der Waals surface area contributed by atoms with Crippen LogP contribution in [0.2, 0.25) is 0 Å². The van der Waals surface area contributed by atoms with Crippen molar-refractivity contribution < 1.29 is 23.9 Å². The molecule has 0 unspecified atom stereocenters. The van der Waals surface area contributed by atoms with Crippen LogP contribution in [0, 0.1) is 0 Å². The lowest BCUT2D eigenvalue weighted by molar-refractivity contribution is -0.178. The van der Waals surface area contributed by atoms with Crippen LogP contribution < -0.4 is 0 Å². The van der Waals surface area contributed by atoms with Gasteiger partial charge in [-0.2, -0.15) is 0 Å². The highest BCUT2D eigenvalue weighted by molar-refractivity contribution is 6.31. The third-order valence-corrected chi connectivity index (χ3v) is 2.76. The molecule has 0 spiro atoms. The zero-order chi connectivity index (χ0) is 16.3. The summed E-state index contributed by atoms with van der Waals surface area (Å²) in [4.78, 5) is 34.1. The maximum atomic E-state index is 11.4. The van der Waals surface area contributed by atoms with E-state index in [2.05, 4.69) is 11.7 Å². The summed E-state index contributed by atoms with van der Waals surface area (Å²) in [6.45, 7) is 7.08. The summed E-state index contributed by atoms with van der Waals surface area (Å²) in [5.41, 5.74) is -0.780. The number of hydrogen-bond acceptors (Lipinski definition) is 5. The number of rotatable bonds is 8. The monoisotopic (exact) mass is 300 g/mol. The number of unbranched alkanes of at least 4 members (excludes halogenated alkanes) is 6. The highest BCUT2D eigenvalue weighted by Gasteiger charge is 2.26. The van der Waals surface area contributed by atoms with E-state index < -0.39 is 23.5 Å². The first-order valence-electron chi connectivity index (χ1n) is 7.74. The van der Waals surface area contributed by atoms with Crippen LogP contribution >= 0.6 is 0 Å². The lowest BCUT2D eigenvalue weighted by Crippen LogP contribution is -2.31. The molecule has 0 amide bonds. The number of hydrogen-bond donors (Lipinski definition) is 0. The molecule has 0 aliphatic heterocycles. The zero-order valence-electron chi connectivity index (χ0n) is 13.7. The predicted octanol–water partition coefficient (Wildman–Crippen LogP) is 3.54. The second-order valence-corrected chi connectivity index (χ2v) is 6.13. The Morgan fingerprint density at radius 3 is 1.86 bits per heavy atom. The second-order valence-electron chi connectivity index (χ2n) is 6.13. The van der Waals surface area contributed by atoms with Crippen molar-refractivity contribution in [2.45, 2.75) is 84.7 Å². The largest absolute Gasteiger partial charge is 0.452 e. The van der Waals surface area contributed by atoms with Crippen LogP contribution in [0.25, 0.3) is 0 Å². The Morgan fingerprint density at radius 1 is 0.810 bits per heavy atom. The van der Waals surface area contributed by atoms with E-state index in [0.29, 0.717) is 6.42 Å². The molecule has 0 atom stereocenters. The molecule has 0 heterocycles. The minimum absolute atomic E-state index is 0.155. The minimum Gasteiger partial charge on any atom is -0.452 e. The second kappa shape index (κ2) is 10.4. The summed E-state index contributed by atoms with van der Waals surface area (Å²) in [5.74, 6) is -3.03. The molecule has 0 N–H and O–H groups in total. The van der Waals surface area contributed by atoms with Crippen LogP contribution in [0.15, 0.2) is 0 Å². The molecule has 0 aromatic carbocycles. The van der Waals surface area contributed by atoms with Crippen molar-refractivity contribution in [3.63, 3.8) is 0 Å². The molecule has 0 rings (SSSR count). The van der Waals surface area contributed by atoms with Gasteiger partial charge in [-0.15, -0.1) is 0 Å². The maximum absolute atomic E-state index is 11.4. The molecule has 0 aliphatic rings. The highest BCUT2D eigenvalue weighted by atomic mass is 16.6. The van der Waals surface area contributed by atoms with Crippen molar-refractivity contribution in [2.75, 3.05) is 0 Å². The van der Waals surface area contributed by atoms with E-state index in [0.717, 1.165) is 12.8 Å². The number of carbonyl (C=O) groups excluding carboxylic acids is 3. The molecule has 0 saturated carbocycles. The molecule has 0 aliphatic carbocycles. The Labute approximate surface area is 127 Å². The molecule has 122 valence electrons. The van der Waals surface area contributed by atoms with Gasteiger partial charge in [-0.05, 0) is 27.2 Å². The van der Waals surface area contributed by atoms with Crippen molar-refractivity contribution in [2.24, 2.45) is 0 Å². The molecule has 0 saturated heterocycles. The van der Waals surface area contributed by atoms with E-state index in [9.17, 15) is 14.4 Å². The lowest BCUT2D eigenvalue weighted by Gasteiger charge is -2.18. The van der Waals surface area contributed by atoms with Crippen molar-refractivity contribution in [1.29, 1.82) is 0 Å². The van der Waals surface area contributed by atoms with Gasteiger partial charge in [0.25, 0.3) is 0 Å². The zero-order valence-corrected chi connectivity index (χ0v) is 13.7. The summed E-state index contributed by atoms with van der Waals surface area (Å²) in [5, 5.41) is 0. The van der Waals surface area contributed by atoms with Gasteiger partial charge in [0, 0.05) is 6.42 Å². The predicted molar refractivity (Wildman–Crippen MR) is 79.6 cm³/mol. The summed E-state index contributed by atoms with van der Waals surface area (Å²) < 4.78 is 9.27. The van der Waals surface area contributed by atoms with Gasteiger partial charge in [-0.3, -0.25) is 4.79 Å². The molecule has 0 aromatic heterocycles. The van der Waals surface area contributed by atoms with E-state index in [4.69, 9.17) is 4.74 Å². The van der Waals surface area contributed by atoms with Crippen molar-refractivity contribution in [1.82, 2.24) is 0 Å². The average molecular weight is 300 g/mol. The molecule has 0 radical (unpaired) electrons. The van der Waals surface area contributed by atoms with E-state index in [1.807, 2.05) is 0 Å². The van der Waals surface area contributed by atoms with Gasteiger partial charge in [0.15, 0.2) is 0 Å². The van der Waals surface area contributed by atoms with Crippen LogP contribution in [0.5, 0.6) is 0 Å². The Morgan fingerprint density at radius 2 is 1.33 bits per heavy atom. The molecular weight excluding hydrogens is 272 g/mol. The standard InChI is InChI=1S/C16H28O5/c1-5-6-7-8-9-10-11-12-13(17)20-14(18)15(19)21-16(2,3)4/h5-12H2,1-4H3. The van der Waals surface area contributed by atoms with Crippen molar-refractivity contribution in [3.8, 4) is 0 Å². The SMILES string of the molecule is CCCCCCCCCC(=O)OC(=O)C(=O)OC(C)(C)C. The summed E-state index contributed by atoms with van der Waals surface area (Å²) in [6, 6.07) is 0. The number of ether oxygens (including phenoxy) is 2. The van der Waals surface area contributed by atoms with Gasteiger partial charge in [-0.1, -0.05) is 45.4 Å². The molecular formula is C16H28O5. The van der Waals surface area contributed by atoms with Gasteiger partial charge in [0.05, 0.1) is 0 Å². The summed E-state index contributed by atoms with van der Waals surface area (Å²) in [7, 11) is 0. The summed E-state index contributed by atoms with van der Waals surface area (Å²) >= 11 is 0. The minimum atomic E-state index is -1.24. The third-order valence-electron chi connectivity index (χ3n) is 2.76. The molecule has 21 heavy (non-hydrogen) atoms. The lowest BCUT2D eigenvalue weighted by atomic mass is 10.1. The smallest absolute Gasteiger partial charge is 0.425 e. The van der Waals surface area contributed by atoms with Gasteiger partial charge < -0.3 is 9.47 Å². The summed E-state index contributed by atoms with van der Waals surface area (Å²) in [6.07, 6.45) is 7.67. The Hall–Kier alpha value is -1.39. The Balaban J connectivity index is 3.74. The molecule has 5 nitrogen and oxygen atoms in total. The third kappa shape index (κ3) is 12.1. The van der Waals surface area contributed by atoms with Crippen LogP contribution in [-0.4, -0.2) is 23.5 Å². The maximum Gasteiger partial charge on any atom is 0.425 e. The van der Waals surface area contributed by atoms with Crippen LogP contribution in [-0.2, 0) is 23.9 Å². The fourth-order valence-corrected chi connectivity index (χ4v) is 1.74. The van der Waals surface area contributed by atoms with E-state index in [1.54, 1.807) is 20.8 Å². The Kier molecular flexibility index (Phi) is 9.67. The highest BCUT2D eigenvalue weighted by Crippen LogP contribution is 2.10. The van der Waals surface area contributed by atoms with Crippen LogP contribution in [0.1, 0.15) is 79.1 Å². The molecule has 0 fully saturated rings. The van der Waals surface area contributed by atoms with Gasteiger partial charge >= 0.3 is 17.9 Å². The van der Waals surface area contributed by atoms with E-state index in [1.165, 1.54) is 25.7 Å².